The smallest absolute Gasteiger partial charge is 0.239 e. The zero-order valence-corrected chi connectivity index (χ0v) is 13.2. The number of hydrogen-bond acceptors (Lipinski definition) is 8. The average Bonchev–Trinajstić information content (AvgIpc) is 2.56. The van der Waals surface area contributed by atoms with Crippen LogP contribution in [0.2, 0.25) is 0 Å². The van der Waals surface area contributed by atoms with Crippen molar-refractivity contribution in [2.75, 3.05) is 14.2 Å². The monoisotopic (exact) mass is 346 g/mol. The zero-order valence-electron chi connectivity index (χ0n) is 13.2. The van der Waals surface area contributed by atoms with Crippen LogP contribution in [-0.4, -0.2) is 34.6 Å². The topological polar surface area (TPSA) is 130 Å². The number of benzene rings is 2. The van der Waals surface area contributed by atoms with Gasteiger partial charge in [0.2, 0.25) is 16.9 Å². The highest BCUT2D eigenvalue weighted by molar-refractivity contribution is 5.88. The van der Waals surface area contributed by atoms with E-state index in [-0.39, 0.29) is 39.5 Å². The zero-order chi connectivity index (χ0) is 18.3. The summed E-state index contributed by atoms with van der Waals surface area (Å²) in [5.74, 6) is -2.05. The molecular formula is C17H14O8. The van der Waals surface area contributed by atoms with Gasteiger partial charge in [0.15, 0.2) is 17.3 Å². The molecule has 0 fully saturated rings. The Kier molecular flexibility index (Phi) is 3.80. The standard InChI is InChI=1S/C17H14O8/c1-23-12-4-7(3-10(20)14(12)21)16-17(24-2)15(22)13-9(19)5-8(18)6-11(13)25-16/h3-6,18-21H,1-2H3. The van der Waals surface area contributed by atoms with Gasteiger partial charge in [0.1, 0.15) is 22.5 Å². The maximum atomic E-state index is 12.6. The minimum absolute atomic E-state index is 0.0430. The molecule has 0 saturated carbocycles. The minimum atomic E-state index is -0.664. The molecule has 0 unspecified atom stereocenters. The van der Waals surface area contributed by atoms with Gasteiger partial charge in [-0.15, -0.1) is 0 Å². The van der Waals surface area contributed by atoms with Crippen LogP contribution < -0.4 is 14.9 Å². The molecule has 0 amide bonds. The lowest BCUT2D eigenvalue weighted by atomic mass is 10.1. The van der Waals surface area contributed by atoms with E-state index in [4.69, 9.17) is 13.9 Å². The van der Waals surface area contributed by atoms with E-state index in [2.05, 4.69) is 0 Å². The van der Waals surface area contributed by atoms with E-state index in [1.807, 2.05) is 0 Å². The molecule has 0 aliphatic heterocycles. The summed E-state index contributed by atoms with van der Waals surface area (Å²) < 4.78 is 15.7. The van der Waals surface area contributed by atoms with Crippen molar-refractivity contribution in [3.63, 3.8) is 0 Å². The molecular weight excluding hydrogens is 332 g/mol. The maximum absolute atomic E-state index is 12.6. The summed E-state index contributed by atoms with van der Waals surface area (Å²) in [6, 6.07) is 4.67. The first kappa shape index (κ1) is 16.3. The molecule has 0 radical (unpaired) electrons. The third-order valence-corrected chi connectivity index (χ3v) is 3.66. The molecule has 0 aliphatic rings. The van der Waals surface area contributed by atoms with E-state index < -0.39 is 22.7 Å². The Hall–Kier alpha value is -3.55. The van der Waals surface area contributed by atoms with Gasteiger partial charge in [-0.3, -0.25) is 4.79 Å². The fraction of sp³-hybridized carbons (Fsp3) is 0.118. The Morgan fingerprint density at radius 1 is 0.920 bits per heavy atom. The Bertz CT molecular complexity index is 1040. The summed E-state index contributed by atoms with van der Waals surface area (Å²) in [7, 11) is 2.54. The van der Waals surface area contributed by atoms with E-state index in [0.29, 0.717) is 0 Å². The second kappa shape index (κ2) is 5.82. The minimum Gasteiger partial charge on any atom is -0.508 e. The molecule has 1 heterocycles. The molecule has 0 bridgehead atoms. The SMILES string of the molecule is COc1cc(-c2oc3cc(O)cc(O)c3c(=O)c2OC)cc(O)c1O. The molecule has 4 N–H and O–H groups in total. The van der Waals surface area contributed by atoms with Crippen LogP contribution in [0.1, 0.15) is 0 Å². The fourth-order valence-corrected chi connectivity index (χ4v) is 2.52. The van der Waals surface area contributed by atoms with Gasteiger partial charge in [-0.1, -0.05) is 0 Å². The summed E-state index contributed by atoms with van der Waals surface area (Å²) in [5.41, 5.74) is -0.557. The van der Waals surface area contributed by atoms with Gasteiger partial charge in [0.25, 0.3) is 0 Å². The van der Waals surface area contributed by atoms with Crippen molar-refractivity contribution < 1.29 is 34.3 Å². The molecule has 1 aromatic heterocycles. The average molecular weight is 346 g/mol. The van der Waals surface area contributed by atoms with E-state index in [1.54, 1.807) is 0 Å². The van der Waals surface area contributed by atoms with Crippen LogP contribution in [0.3, 0.4) is 0 Å². The van der Waals surface area contributed by atoms with Crippen LogP contribution in [0.25, 0.3) is 22.3 Å². The molecule has 8 nitrogen and oxygen atoms in total. The lowest BCUT2D eigenvalue weighted by Gasteiger charge is -2.12. The first-order valence-corrected chi connectivity index (χ1v) is 7.04. The van der Waals surface area contributed by atoms with Crippen molar-refractivity contribution in [1.29, 1.82) is 0 Å². The van der Waals surface area contributed by atoms with Crippen LogP contribution >= 0.6 is 0 Å². The number of aromatic hydroxyl groups is 4. The molecule has 0 saturated heterocycles. The number of phenols is 4. The molecule has 0 aliphatic carbocycles. The summed E-state index contributed by atoms with van der Waals surface area (Å²) in [6.45, 7) is 0. The quantitative estimate of drug-likeness (QED) is 0.532. The molecule has 2 aromatic carbocycles. The molecule has 0 atom stereocenters. The van der Waals surface area contributed by atoms with E-state index in [9.17, 15) is 25.2 Å². The number of ether oxygens (including phenoxy) is 2. The molecule has 25 heavy (non-hydrogen) atoms. The van der Waals surface area contributed by atoms with Gasteiger partial charge in [-0.25, -0.2) is 0 Å². The molecule has 130 valence electrons. The van der Waals surface area contributed by atoms with Gasteiger partial charge in [0.05, 0.1) is 14.2 Å². The van der Waals surface area contributed by atoms with Crippen molar-refractivity contribution in [1.82, 2.24) is 0 Å². The van der Waals surface area contributed by atoms with E-state index in [0.717, 1.165) is 18.2 Å². The van der Waals surface area contributed by atoms with E-state index >= 15 is 0 Å². The third-order valence-electron chi connectivity index (χ3n) is 3.66. The summed E-state index contributed by atoms with van der Waals surface area (Å²) in [6.07, 6.45) is 0. The van der Waals surface area contributed by atoms with Crippen LogP contribution in [0.5, 0.6) is 34.5 Å². The Morgan fingerprint density at radius 2 is 1.64 bits per heavy atom. The van der Waals surface area contributed by atoms with Crippen molar-refractivity contribution in [2.45, 2.75) is 0 Å². The highest BCUT2D eigenvalue weighted by atomic mass is 16.5. The summed E-state index contributed by atoms with van der Waals surface area (Å²) >= 11 is 0. The van der Waals surface area contributed by atoms with Crippen molar-refractivity contribution in [2.24, 2.45) is 0 Å². The van der Waals surface area contributed by atoms with Gasteiger partial charge in [-0.05, 0) is 12.1 Å². The molecule has 3 aromatic rings. The van der Waals surface area contributed by atoms with Gasteiger partial charge >= 0.3 is 0 Å². The van der Waals surface area contributed by atoms with Crippen LogP contribution in [-0.2, 0) is 0 Å². The van der Waals surface area contributed by atoms with Gasteiger partial charge < -0.3 is 34.3 Å². The second-order valence-electron chi connectivity index (χ2n) is 5.18. The lowest BCUT2D eigenvalue weighted by Crippen LogP contribution is -2.08. The van der Waals surface area contributed by atoms with Crippen LogP contribution in [0.15, 0.2) is 33.5 Å². The highest BCUT2D eigenvalue weighted by Crippen LogP contribution is 2.42. The maximum Gasteiger partial charge on any atom is 0.239 e. The Morgan fingerprint density at radius 3 is 2.28 bits per heavy atom. The highest BCUT2D eigenvalue weighted by Gasteiger charge is 2.22. The normalized spacial score (nSPS) is 10.8. The number of fused-ring (bicyclic) bond motifs is 1. The number of methoxy groups -OCH3 is 2. The van der Waals surface area contributed by atoms with E-state index in [1.165, 1.54) is 20.3 Å². The second-order valence-corrected chi connectivity index (χ2v) is 5.18. The van der Waals surface area contributed by atoms with Crippen molar-refractivity contribution in [3.05, 3.63) is 34.5 Å². The Balaban J connectivity index is 2.41. The fourth-order valence-electron chi connectivity index (χ4n) is 2.52. The van der Waals surface area contributed by atoms with Crippen LogP contribution in [0.4, 0.5) is 0 Å². The number of rotatable bonds is 3. The predicted octanol–water partition coefficient (Wildman–Crippen LogP) is 2.30. The molecule has 8 heteroatoms. The molecule has 0 spiro atoms. The van der Waals surface area contributed by atoms with Crippen LogP contribution in [0, 0.1) is 0 Å². The lowest BCUT2D eigenvalue weighted by molar-refractivity contribution is 0.351. The Labute approximate surface area is 140 Å². The van der Waals surface area contributed by atoms with Crippen molar-refractivity contribution >= 4 is 11.0 Å². The molecule has 3 rings (SSSR count). The predicted molar refractivity (Wildman–Crippen MR) is 87.7 cm³/mol. The summed E-state index contributed by atoms with van der Waals surface area (Å²) in [4.78, 5) is 12.6. The first-order chi connectivity index (χ1) is 11.9. The number of phenolic OH excluding ortho intramolecular Hbond substituents is 4. The summed E-state index contributed by atoms with van der Waals surface area (Å²) in [5, 5.41) is 38.9. The van der Waals surface area contributed by atoms with Gasteiger partial charge in [0, 0.05) is 17.7 Å². The largest absolute Gasteiger partial charge is 0.508 e. The number of hydrogen-bond donors (Lipinski definition) is 4. The van der Waals surface area contributed by atoms with Crippen molar-refractivity contribution in [3.8, 4) is 45.8 Å². The first-order valence-electron chi connectivity index (χ1n) is 7.04. The third kappa shape index (κ3) is 2.53. The van der Waals surface area contributed by atoms with Gasteiger partial charge in [-0.2, -0.15) is 0 Å².